The first-order valence-corrected chi connectivity index (χ1v) is 10.1. The van der Waals surface area contributed by atoms with Gasteiger partial charge in [0.2, 0.25) is 0 Å². The fourth-order valence-corrected chi connectivity index (χ4v) is 3.75. The van der Waals surface area contributed by atoms with Gasteiger partial charge in [-0.25, -0.2) is 4.98 Å². The summed E-state index contributed by atoms with van der Waals surface area (Å²) in [7, 11) is 0. The van der Waals surface area contributed by atoms with Gasteiger partial charge in [0.05, 0.1) is 13.2 Å². The minimum Gasteiger partial charge on any atom is -0.492 e. The normalized spacial score (nSPS) is 19.0. The number of morpholine rings is 1. The summed E-state index contributed by atoms with van der Waals surface area (Å²) >= 11 is 0. The molecular weight excluding hydrogens is 356 g/mol. The van der Waals surface area contributed by atoms with E-state index < -0.39 is 0 Å². The van der Waals surface area contributed by atoms with Crippen LogP contribution in [-0.4, -0.2) is 77.3 Å². The number of para-hydroxylation sites is 1. The average Bonchev–Trinajstić information content (AvgIpc) is 3.05. The summed E-state index contributed by atoms with van der Waals surface area (Å²) in [5.74, 6) is 1.92. The van der Waals surface area contributed by atoms with Gasteiger partial charge in [-0.15, -0.1) is 0 Å². The van der Waals surface area contributed by atoms with Gasteiger partial charge in [0, 0.05) is 51.4 Å². The maximum absolute atomic E-state index is 12.7. The molecule has 0 bridgehead atoms. The Morgan fingerprint density at radius 1 is 1.14 bits per heavy atom. The SMILES string of the molecule is CC(COc1ccccc1)N1CCc2nc(C(=O)N3CCOCC3)cn2CC1. The average molecular weight is 384 g/mol. The first-order valence-electron chi connectivity index (χ1n) is 10.1. The maximum Gasteiger partial charge on any atom is 0.274 e. The summed E-state index contributed by atoms with van der Waals surface area (Å²) < 4.78 is 13.4. The van der Waals surface area contributed by atoms with Gasteiger partial charge in [-0.3, -0.25) is 9.69 Å². The number of ether oxygens (including phenoxy) is 2. The lowest BCUT2D eigenvalue weighted by atomic mass is 10.2. The van der Waals surface area contributed by atoms with Gasteiger partial charge < -0.3 is 18.9 Å². The molecule has 1 fully saturated rings. The van der Waals surface area contributed by atoms with Crippen molar-refractivity contribution in [1.82, 2.24) is 19.4 Å². The third-order valence-electron chi connectivity index (χ3n) is 5.49. The molecule has 7 nitrogen and oxygen atoms in total. The number of carbonyl (C=O) groups is 1. The van der Waals surface area contributed by atoms with Crippen molar-refractivity contribution in [1.29, 1.82) is 0 Å². The highest BCUT2D eigenvalue weighted by atomic mass is 16.5. The Bertz CT molecular complexity index is 761. The number of fused-ring (bicyclic) bond motifs is 1. The summed E-state index contributed by atoms with van der Waals surface area (Å²) in [5.41, 5.74) is 0.561. The Balaban J connectivity index is 1.33. The van der Waals surface area contributed by atoms with Crippen molar-refractivity contribution in [2.24, 2.45) is 0 Å². The van der Waals surface area contributed by atoms with E-state index in [1.165, 1.54) is 0 Å². The predicted molar refractivity (Wildman–Crippen MR) is 106 cm³/mol. The summed E-state index contributed by atoms with van der Waals surface area (Å²) in [6.07, 6.45) is 2.76. The van der Waals surface area contributed by atoms with Crippen molar-refractivity contribution in [3.63, 3.8) is 0 Å². The third kappa shape index (κ3) is 4.36. The van der Waals surface area contributed by atoms with Crippen LogP contribution in [0.4, 0.5) is 0 Å². The van der Waals surface area contributed by atoms with Crippen LogP contribution in [-0.2, 0) is 17.7 Å². The van der Waals surface area contributed by atoms with Crippen LogP contribution in [0.5, 0.6) is 5.75 Å². The van der Waals surface area contributed by atoms with E-state index in [9.17, 15) is 4.79 Å². The largest absolute Gasteiger partial charge is 0.492 e. The molecule has 1 amide bonds. The Morgan fingerprint density at radius 2 is 1.93 bits per heavy atom. The second-order valence-corrected chi connectivity index (χ2v) is 7.40. The maximum atomic E-state index is 12.7. The summed E-state index contributed by atoms with van der Waals surface area (Å²) in [6.45, 7) is 8.05. The molecule has 1 atom stereocenters. The van der Waals surface area contributed by atoms with Crippen LogP contribution in [0.2, 0.25) is 0 Å². The number of aromatic nitrogens is 2. The minimum atomic E-state index is 0.0189. The standard InChI is InChI=1S/C21H28N4O3/c1-17(16-28-18-5-3-2-4-6-18)23-8-7-20-22-19(15-25(20)10-9-23)21(26)24-11-13-27-14-12-24/h2-6,15,17H,7-14,16H2,1H3. The van der Waals surface area contributed by atoms with Gasteiger partial charge in [0.25, 0.3) is 5.91 Å². The number of hydrogen-bond donors (Lipinski definition) is 0. The Kier molecular flexibility index (Phi) is 5.92. The molecule has 4 rings (SSSR count). The molecule has 0 saturated carbocycles. The third-order valence-corrected chi connectivity index (χ3v) is 5.49. The molecule has 0 spiro atoms. The number of nitrogens with zero attached hydrogens (tertiary/aromatic N) is 4. The topological polar surface area (TPSA) is 59.8 Å². The van der Waals surface area contributed by atoms with E-state index in [-0.39, 0.29) is 5.91 Å². The minimum absolute atomic E-state index is 0.0189. The fourth-order valence-electron chi connectivity index (χ4n) is 3.75. The Morgan fingerprint density at radius 3 is 2.71 bits per heavy atom. The number of rotatable bonds is 5. The molecule has 2 aliphatic heterocycles. The quantitative estimate of drug-likeness (QED) is 0.785. The molecule has 3 heterocycles. The molecule has 1 aromatic carbocycles. The predicted octanol–water partition coefficient (Wildman–Crippen LogP) is 1.68. The van der Waals surface area contributed by atoms with Crippen molar-refractivity contribution in [2.45, 2.75) is 25.9 Å². The van der Waals surface area contributed by atoms with Crippen molar-refractivity contribution >= 4 is 5.91 Å². The smallest absolute Gasteiger partial charge is 0.274 e. The highest BCUT2D eigenvalue weighted by Gasteiger charge is 2.25. The number of hydrogen-bond acceptors (Lipinski definition) is 5. The Labute approximate surface area is 165 Å². The summed E-state index contributed by atoms with van der Waals surface area (Å²) in [5, 5.41) is 0. The van der Waals surface area contributed by atoms with E-state index in [1.54, 1.807) is 0 Å². The van der Waals surface area contributed by atoms with Crippen LogP contribution >= 0.6 is 0 Å². The molecule has 1 saturated heterocycles. The van der Waals surface area contributed by atoms with Gasteiger partial charge in [0.15, 0.2) is 0 Å². The lowest BCUT2D eigenvalue weighted by molar-refractivity contribution is 0.0299. The lowest BCUT2D eigenvalue weighted by Gasteiger charge is -2.27. The highest BCUT2D eigenvalue weighted by Crippen LogP contribution is 2.15. The highest BCUT2D eigenvalue weighted by molar-refractivity contribution is 5.92. The first-order chi connectivity index (χ1) is 13.7. The second-order valence-electron chi connectivity index (χ2n) is 7.40. The van der Waals surface area contributed by atoms with Crippen LogP contribution in [0, 0.1) is 0 Å². The fraction of sp³-hybridized carbons (Fsp3) is 0.524. The van der Waals surface area contributed by atoms with E-state index in [2.05, 4.69) is 21.4 Å². The molecular formula is C21H28N4O3. The van der Waals surface area contributed by atoms with E-state index in [0.717, 1.165) is 37.6 Å². The molecule has 2 aromatic rings. The molecule has 0 radical (unpaired) electrons. The van der Waals surface area contributed by atoms with Crippen molar-refractivity contribution < 1.29 is 14.3 Å². The van der Waals surface area contributed by atoms with E-state index in [0.29, 0.717) is 44.6 Å². The van der Waals surface area contributed by atoms with Gasteiger partial charge >= 0.3 is 0 Å². The molecule has 28 heavy (non-hydrogen) atoms. The lowest BCUT2D eigenvalue weighted by Crippen LogP contribution is -2.41. The second kappa shape index (κ2) is 8.75. The number of benzene rings is 1. The summed E-state index contributed by atoms with van der Waals surface area (Å²) in [4.78, 5) is 21.6. The molecule has 1 aromatic heterocycles. The van der Waals surface area contributed by atoms with Crippen LogP contribution in [0.25, 0.3) is 0 Å². The number of imidazole rings is 1. The van der Waals surface area contributed by atoms with E-state index in [1.807, 2.05) is 41.4 Å². The zero-order valence-electron chi connectivity index (χ0n) is 16.4. The van der Waals surface area contributed by atoms with E-state index in [4.69, 9.17) is 9.47 Å². The molecule has 2 aliphatic rings. The van der Waals surface area contributed by atoms with Crippen molar-refractivity contribution in [3.8, 4) is 5.75 Å². The molecule has 0 N–H and O–H groups in total. The van der Waals surface area contributed by atoms with Crippen LogP contribution < -0.4 is 4.74 Å². The Hall–Kier alpha value is -2.38. The van der Waals surface area contributed by atoms with Crippen LogP contribution in [0.3, 0.4) is 0 Å². The molecule has 1 unspecified atom stereocenters. The zero-order chi connectivity index (χ0) is 19.3. The number of amides is 1. The van der Waals surface area contributed by atoms with Gasteiger partial charge in [-0.2, -0.15) is 0 Å². The van der Waals surface area contributed by atoms with Crippen molar-refractivity contribution in [3.05, 3.63) is 48.0 Å². The van der Waals surface area contributed by atoms with Crippen molar-refractivity contribution in [2.75, 3.05) is 46.0 Å². The molecule has 7 heteroatoms. The van der Waals surface area contributed by atoms with Gasteiger partial charge in [-0.05, 0) is 19.1 Å². The number of carbonyl (C=O) groups excluding carboxylic acids is 1. The monoisotopic (exact) mass is 384 g/mol. The molecule has 150 valence electrons. The first kappa shape index (κ1) is 19.0. The van der Waals surface area contributed by atoms with Crippen LogP contribution in [0.1, 0.15) is 23.2 Å². The zero-order valence-corrected chi connectivity index (χ0v) is 16.4. The molecule has 0 aliphatic carbocycles. The van der Waals surface area contributed by atoms with Gasteiger partial charge in [0.1, 0.15) is 23.9 Å². The summed E-state index contributed by atoms with van der Waals surface area (Å²) in [6, 6.07) is 10.3. The van der Waals surface area contributed by atoms with E-state index >= 15 is 0 Å². The van der Waals surface area contributed by atoms with Gasteiger partial charge in [-0.1, -0.05) is 18.2 Å². The van der Waals surface area contributed by atoms with Crippen LogP contribution in [0.15, 0.2) is 36.5 Å².